The van der Waals surface area contributed by atoms with Gasteiger partial charge in [0.1, 0.15) is 0 Å². The molecule has 0 aliphatic carbocycles. The van der Waals surface area contributed by atoms with Crippen LogP contribution in [0.15, 0.2) is 24.3 Å². The molecule has 0 nitrogen and oxygen atoms in total. The minimum absolute atomic E-state index is 0.993. The first kappa shape index (κ1) is 7.04. The Labute approximate surface area is 50.9 Å². The van der Waals surface area contributed by atoms with Crippen molar-refractivity contribution in [1.82, 2.24) is 0 Å². The first-order chi connectivity index (χ1) is 3.85. The Morgan fingerprint density at radius 2 is 2.38 bits per heavy atom. The Hall–Kier alpha value is -0.960. The fourth-order valence-electron chi connectivity index (χ4n) is 0.356. The van der Waals surface area contributed by atoms with E-state index < -0.39 is 0 Å². The molecule has 0 bridgehead atoms. The molecule has 0 N–H and O–H groups in total. The van der Waals surface area contributed by atoms with Gasteiger partial charge in [-0.25, -0.2) is 0 Å². The molecule has 0 rings (SSSR count). The van der Waals surface area contributed by atoms with Gasteiger partial charge < -0.3 is 0 Å². The van der Waals surface area contributed by atoms with Crippen molar-refractivity contribution in [1.29, 1.82) is 0 Å². The minimum Gasteiger partial charge on any atom is -0.119 e. The van der Waals surface area contributed by atoms with Crippen molar-refractivity contribution in [3.8, 4) is 12.3 Å². The second kappa shape index (κ2) is 4.21. The third kappa shape index (κ3) is 2.25. The number of rotatable bonds is 2. The van der Waals surface area contributed by atoms with E-state index in [0.29, 0.717) is 0 Å². The summed E-state index contributed by atoms with van der Waals surface area (Å²) in [5.41, 5.74) is 0.993. The monoisotopic (exact) mass is 105 g/mol. The predicted molar refractivity (Wildman–Crippen MR) is 37.1 cm³/mol. The second-order valence-corrected chi connectivity index (χ2v) is 1.30. The summed E-state index contributed by atoms with van der Waals surface area (Å²) in [6.45, 7) is 5.48. The molecule has 0 atom stereocenters. The molecule has 0 heteroatoms. The van der Waals surface area contributed by atoms with Crippen molar-refractivity contribution in [3.05, 3.63) is 30.7 Å². The second-order valence-electron chi connectivity index (χ2n) is 1.30. The number of terminal acetylenes is 1. The first-order valence-electron chi connectivity index (χ1n) is 2.43. The minimum atomic E-state index is 0.993. The lowest BCUT2D eigenvalue weighted by molar-refractivity contribution is 1.56. The molecule has 0 aromatic rings. The van der Waals surface area contributed by atoms with E-state index in [1.54, 1.807) is 12.5 Å². The number of hydrogen-bond donors (Lipinski definition) is 0. The van der Waals surface area contributed by atoms with Gasteiger partial charge in [0.25, 0.3) is 0 Å². The highest BCUT2D eigenvalue weighted by Gasteiger charge is 1.81. The van der Waals surface area contributed by atoms with Crippen molar-refractivity contribution >= 4 is 0 Å². The summed E-state index contributed by atoms with van der Waals surface area (Å²) in [5.74, 6) is 2.41. The van der Waals surface area contributed by atoms with Gasteiger partial charge in [-0.1, -0.05) is 24.7 Å². The van der Waals surface area contributed by atoms with Gasteiger partial charge in [-0.05, 0) is 12.5 Å². The fourth-order valence-corrected chi connectivity index (χ4v) is 0.356. The van der Waals surface area contributed by atoms with E-state index in [0.717, 1.165) is 5.57 Å². The average Bonchev–Trinajstić information content (AvgIpc) is 1.83. The highest BCUT2D eigenvalue weighted by atomic mass is 13.9. The van der Waals surface area contributed by atoms with Crippen LogP contribution in [0, 0.1) is 18.8 Å². The fraction of sp³-hybridized carbons (Fsp3) is 0.125. The van der Waals surface area contributed by atoms with E-state index in [1.807, 2.05) is 13.0 Å². The van der Waals surface area contributed by atoms with Gasteiger partial charge in [-0.3, -0.25) is 0 Å². The molecule has 41 valence electrons. The molecular weight excluding hydrogens is 96.1 g/mol. The highest BCUT2D eigenvalue weighted by molar-refractivity contribution is 5.32. The number of hydrogen-bond acceptors (Lipinski definition) is 0. The summed E-state index contributed by atoms with van der Waals surface area (Å²) in [6, 6.07) is 0. The smallest absolute Gasteiger partial charge is 0.0624 e. The molecule has 1 radical (unpaired) electrons. The molecule has 0 saturated heterocycles. The summed E-state index contributed by atoms with van der Waals surface area (Å²) in [4.78, 5) is 0. The normalized spacial score (nSPS) is 10.2. The van der Waals surface area contributed by atoms with Crippen molar-refractivity contribution < 1.29 is 0 Å². The summed E-state index contributed by atoms with van der Waals surface area (Å²) in [5, 5.41) is 0. The molecule has 0 aliphatic heterocycles. The molecule has 0 aromatic heterocycles. The van der Waals surface area contributed by atoms with E-state index in [4.69, 9.17) is 6.42 Å². The third-order valence-electron chi connectivity index (χ3n) is 0.819. The zero-order valence-electron chi connectivity index (χ0n) is 5.02. The van der Waals surface area contributed by atoms with Gasteiger partial charge >= 0.3 is 0 Å². The molecule has 0 spiro atoms. The van der Waals surface area contributed by atoms with Crippen LogP contribution in [-0.4, -0.2) is 0 Å². The Kier molecular flexibility index (Phi) is 3.70. The van der Waals surface area contributed by atoms with Crippen LogP contribution in [0.2, 0.25) is 0 Å². The molecule has 0 saturated carbocycles. The van der Waals surface area contributed by atoms with Gasteiger partial charge in [0.15, 0.2) is 0 Å². The van der Waals surface area contributed by atoms with Gasteiger partial charge in [0.05, 0.1) is 6.42 Å². The van der Waals surface area contributed by atoms with E-state index >= 15 is 0 Å². The van der Waals surface area contributed by atoms with Crippen molar-refractivity contribution in [2.24, 2.45) is 0 Å². The average molecular weight is 105 g/mol. The lowest BCUT2D eigenvalue weighted by Gasteiger charge is -1.87. The molecule has 8 heavy (non-hydrogen) atoms. The molecule has 0 fully saturated rings. The molecule has 0 amide bonds. The standard InChI is InChI=1S/C8H9/c1-4-7-8(5-2)6-3/h1,5-7H,2H2,3H3/b8-6+. The van der Waals surface area contributed by atoms with Crippen LogP contribution in [0.3, 0.4) is 0 Å². The Bertz CT molecular complexity index is 133. The van der Waals surface area contributed by atoms with Crippen molar-refractivity contribution in [2.75, 3.05) is 0 Å². The maximum Gasteiger partial charge on any atom is 0.0624 e. The molecule has 0 aliphatic rings. The molecule has 0 aromatic carbocycles. The Morgan fingerprint density at radius 1 is 1.75 bits per heavy atom. The van der Waals surface area contributed by atoms with E-state index in [9.17, 15) is 0 Å². The van der Waals surface area contributed by atoms with E-state index in [1.165, 1.54) is 0 Å². The summed E-state index contributed by atoms with van der Waals surface area (Å²) in [6.07, 6.45) is 10.3. The van der Waals surface area contributed by atoms with Crippen molar-refractivity contribution in [3.63, 3.8) is 0 Å². The van der Waals surface area contributed by atoms with Crippen LogP contribution in [0.1, 0.15) is 6.92 Å². The number of allylic oxidation sites excluding steroid dienone is 3. The lowest BCUT2D eigenvalue weighted by Crippen LogP contribution is -1.72. The topological polar surface area (TPSA) is 0 Å². The quantitative estimate of drug-likeness (QED) is 0.372. The van der Waals surface area contributed by atoms with Crippen LogP contribution >= 0.6 is 0 Å². The zero-order chi connectivity index (χ0) is 6.41. The summed E-state index contributed by atoms with van der Waals surface area (Å²) >= 11 is 0. The summed E-state index contributed by atoms with van der Waals surface area (Å²) in [7, 11) is 0. The van der Waals surface area contributed by atoms with Crippen LogP contribution < -0.4 is 0 Å². The zero-order valence-corrected chi connectivity index (χ0v) is 5.02. The Balaban J connectivity index is 3.77. The van der Waals surface area contributed by atoms with Crippen LogP contribution in [-0.2, 0) is 0 Å². The first-order valence-corrected chi connectivity index (χ1v) is 2.43. The van der Waals surface area contributed by atoms with Crippen molar-refractivity contribution in [2.45, 2.75) is 6.92 Å². The van der Waals surface area contributed by atoms with Gasteiger partial charge in [-0.15, -0.1) is 6.42 Å². The van der Waals surface area contributed by atoms with Crippen LogP contribution in [0.25, 0.3) is 0 Å². The lowest BCUT2D eigenvalue weighted by atomic mass is 10.2. The maximum absolute atomic E-state index is 4.99. The maximum atomic E-state index is 4.99. The third-order valence-corrected chi connectivity index (χ3v) is 0.819. The highest BCUT2D eigenvalue weighted by Crippen LogP contribution is 1.97. The van der Waals surface area contributed by atoms with E-state index in [-0.39, 0.29) is 0 Å². The van der Waals surface area contributed by atoms with Gasteiger partial charge in [0, 0.05) is 0 Å². The molecular formula is C8H9. The molecule has 0 unspecified atom stereocenters. The Morgan fingerprint density at radius 3 is 2.50 bits per heavy atom. The van der Waals surface area contributed by atoms with Crippen LogP contribution in [0.4, 0.5) is 0 Å². The summed E-state index contributed by atoms with van der Waals surface area (Å²) < 4.78 is 0. The molecule has 0 heterocycles. The predicted octanol–water partition coefficient (Wildman–Crippen LogP) is 1.96. The van der Waals surface area contributed by atoms with Crippen LogP contribution in [0.5, 0.6) is 0 Å². The van der Waals surface area contributed by atoms with Gasteiger partial charge in [-0.2, -0.15) is 0 Å². The largest absolute Gasteiger partial charge is 0.119 e. The van der Waals surface area contributed by atoms with E-state index in [2.05, 4.69) is 12.5 Å². The van der Waals surface area contributed by atoms with Gasteiger partial charge in [0.2, 0.25) is 0 Å². The SMILES string of the molecule is C#C[CH]/C(C=C)=C/C.